The minimum Gasteiger partial charge on any atom is -0.145 e. The van der Waals surface area contributed by atoms with Crippen molar-refractivity contribution in [2.75, 3.05) is 0 Å². The summed E-state index contributed by atoms with van der Waals surface area (Å²) in [4.78, 5) is 19.7. The number of hydrogen-bond donors (Lipinski definition) is 0. The monoisotopic (exact) mass is 135 g/mol. The summed E-state index contributed by atoms with van der Waals surface area (Å²) in [6.45, 7) is 0. The van der Waals surface area contributed by atoms with E-state index in [1.54, 1.807) is 0 Å². The van der Waals surface area contributed by atoms with E-state index in [2.05, 4.69) is 16.4 Å². The van der Waals surface area contributed by atoms with Crippen LogP contribution in [-0.4, -0.2) is 0 Å². The van der Waals surface area contributed by atoms with Crippen LogP contribution >= 0.6 is 0 Å². The topological polar surface area (TPSA) is 58.9 Å². The number of nitroso groups, excluding NO2 is 2. The maximum atomic E-state index is 9.87. The van der Waals surface area contributed by atoms with Crippen molar-refractivity contribution in [3.05, 3.63) is 34.1 Å². The largest absolute Gasteiger partial charge is 0.145 e. The van der Waals surface area contributed by atoms with Gasteiger partial charge in [-0.05, 0) is 28.6 Å². The number of rotatable bonds is 2. The second-order valence-corrected chi connectivity index (χ2v) is 1.61. The molecule has 0 saturated carbocycles. The van der Waals surface area contributed by atoms with Crippen molar-refractivity contribution in [3.63, 3.8) is 0 Å². The molecule has 1 radical (unpaired) electrons. The zero-order valence-corrected chi connectivity index (χ0v) is 4.94. The van der Waals surface area contributed by atoms with Gasteiger partial charge in [0.15, 0.2) is 0 Å². The Hall–Kier alpha value is -1.58. The van der Waals surface area contributed by atoms with Crippen LogP contribution in [0.1, 0.15) is 0 Å². The maximum absolute atomic E-state index is 9.87. The van der Waals surface area contributed by atoms with Crippen LogP contribution in [0.2, 0.25) is 0 Å². The van der Waals surface area contributed by atoms with Crippen LogP contribution in [0.3, 0.4) is 0 Å². The number of hydrogen-bond acceptors (Lipinski definition) is 4. The molecule has 10 heavy (non-hydrogen) atoms. The van der Waals surface area contributed by atoms with Crippen LogP contribution in [-0.2, 0) is 0 Å². The van der Waals surface area contributed by atoms with Gasteiger partial charge in [-0.1, -0.05) is 0 Å². The molecule has 0 atom stereocenters. The Labute approximate surface area is 56.8 Å². The van der Waals surface area contributed by atoms with Crippen LogP contribution in [0, 0.1) is 15.9 Å². The summed E-state index contributed by atoms with van der Waals surface area (Å²) in [5, 5.41) is 5.18. The van der Waals surface area contributed by atoms with Gasteiger partial charge in [-0.15, -0.1) is 9.81 Å². The summed E-state index contributed by atoms with van der Waals surface area (Å²) in [6.07, 6.45) is 0. The highest BCUT2D eigenvalue weighted by molar-refractivity contribution is 5.48. The molecule has 1 rings (SSSR count). The van der Waals surface area contributed by atoms with Gasteiger partial charge in [0.25, 0.3) is 0 Å². The molecule has 1 aromatic carbocycles. The van der Waals surface area contributed by atoms with E-state index in [1.807, 2.05) is 0 Å². The summed E-state index contributed by atoms with van der Waals surface area (Å²) in [7, 11) is 0. The third-order valence-electron chi connectivity index (χ3n) is 0.974. The molecule has 4 nitrogen and oxygen atoms in total. The lowest BCUT2D eigenvalue weighted by molar-refractivity contribution is 1.44. The molecule has 0 saturated heterocycles. The van der Waals surface area contributed by atoms with Gasteiger partial charge in [-0.2, -0.15) is 0 Å². The molecule has 0 aliphatic heterocycles. The molecule has 0 spiro atoms. The summed E-state index contributed by atoms with van der Waals surface area (Å²) < 4.78 is 0. The third kappa shape index (κ3) is 1.22. The normalized spacial score (nSPS) is 8.80. The van der Waals surface area contributed by atoms with Crippen molar-refractivity contribution in [3.8, 4) is 0 Å². The van der Waals surface area contributed by atoms with Crippen molar-refractivity contribution in [1.29, 1.82) is 0 Å². The first-order chi connectivity index (χ1) is 4.86. The molecule has 0 aromatic heterocycles. The summed E-state index contributed by atoms with van der Waals surface area (Å²) in [5.74, 6) is 0. The molecule has 0 aliphatic carbocycles. The Morgan fingerprint density at radius 2 is 2.10 bits per heavy atom. The van der Waals surface area contributed by atoms with Gasteiger partial charge in [0.05, 0.1) is 0 Å². The van der Waals surface area contributed by atoms with Crippen LogP contribution in [0.15, 0.2) is 28.6 Å². The first-order valence-corrected chi connectivity index (χ1v) is 2.55. The first kappa shape index (κ1) is 6.54. The van der Waals surface area contributed by atoms with E-state index in [0.29, 0.717) is 0 Å². The van der Waals surface area contributed by atoms with Crippen molar-refractivity contribution in [1.82, 2.24) is 0 Å². The molecule has 0 bridgehead atoms. The zero-order valence-electron chi connectivity index (χ0n) is 4.94. The highest BCUT2D eigenvalue weighted by Gasteiger charge is 1.93. The van der Waals surface area contributed by atoms with E-state index in [9.17, 15) is 9.81 Å². The molecule has 0 N–H and O–H groups in total. The SMILES string of the molecule is O=Nc1[c]ccc(N=O)c1. The van der Waals surface area contributed by atoms with E-state index in [-0.39, 0.29) is 11.4 Å². The highest BCUT2D eigenvalue weighted by Crippen LogP contribution is 2.18. The lowest BCUT2D eigenvalue weighted by Crippen LogP contribution is -1.62. The second-order valence-electron chi connectivity index (χ2n) is 1.61. The van der Waals surface area contributed by atoms with Crippen LogP contribution in [0.4, 0.5) is 11.4 Å². The van der Waals surface area contributed by atoms with Gasteiger partial charge < -0.3 is 0 Å². The van der Waals surface area contributed by atoms with Crippen molar-refractivity contribution in [2.45, 2.75) is 0 Å². The number of nitrogens with zero attached hydrogens (tertiary/aromatic N) is 2. The molecule has 0 unspecified atom stereocenters. The minimum absolute atomic E-state index is 0.0945. The molecule has 0 amide bonds. The Morgan fingerprint density at radius 3 is 2.70 bits per heavy atom. The van der Waals surface area contributed by atoms with Crippen molar-refractivity contribution in [2.24, 2.45) is 10.4 Å². The summed E-state index contributed by atoms with van der Waals surface area (Å²) >= 11 is 0. The Bertz CT molecular complexity index is 236. The standard InChI is InChI=1S/C6H3N2O2/c9-7-5-2-1-3-6(4-5)8-10/h1-2,4H. The van der Waals surface area contributed by atoms with E-state index in [1.165, 1.54) is 18.2 Å². The Balaban J connectivity index is 3.09. The zero-order chi connectivity index (χ0) is 7.40. The Kier molecular flexibility index (Phi) is 1.84. The molecule has 0 aliphatic rings. The van der Waals surface area contributed by atoms with E-state index in [4.69, 9.17) is 0 Å². The van der Waals surface area contributed by atoms with Crippen LogP contribution in [0.25, 0.3) is 0 Å². The molecular weight excluding hydrogens is 132 g/mol. The summed E-state index contributed by atoms with van der Waals surface area (Å²) in [6, 6.07) is 6.65. The van der Waals surface area contributed by atoms with Crippen molar-refractivity contribution < 1.29 is 0 Å². The van der Waals surface area contributed by atoms with E-state index < -0.39 is 0 Å². The summed E-state index contributed by atoms with van der Waals surface area (Å²) in [5.41, 5.74) is 0.283. The fourth-order valence-electron chi connectivity index (χ4n) is 0.552. The predicted molar refractivity (Wildman–Crippen MR) is 36.2 cm³/mol. The van der Waals surface area contributed by atoms with Gasteiger partial charge >= 0.3 is 0 Å². The third-order valence-corrected chi connectivity index (χ3v) is 0.974. The van der Waals surface area contributed by atoms with Gasteiger partial charge in [-0.25, -0.2) is 0 Å². The minimum atomic E-state index is 0.0945. The van der Waals surface area contributed by atoms with E-state index in [0.717, 1.165) is 0 Å². The Morgan fingerprint density at radius 1 is 1.30 bits per heavy atom. The quantitative estimate of drug-likeness (QED) is 0.584. The highest BCUT2D eigenvalue weighted by atomic mass is 16.3. The van der Waals surface area contributed by atoms with Crippen LogP contribution in [0.5, 0.6) is 0 Å². The van der Waals surface area contributed by atoms with Gasteiger partial charge in [-0.3, -0.25) is 0 Å². The fraction of sp³-hybridized carbons (Fsp3) is 0. The smallest absolute Gasteiger partial charge is 0.118 e. The lowest BCUT2D eigenvalue weighted by atomic mass is 10.3. The molecule has 0 fully saturated rings. The molecular formula is C6H3N2O2. The molecule has 1 aromatic rings. The fourth-order valence-corrected chi connectivity index (χ4v) is 0.552. The lowest BCUT2D eigenvalue weighted by Gasteiger charge is -1.86. The van der Waals surface area contributed by atoms with Crippen LogP contribution < -0.4 is 0 Å². The molecule has 0 heterocycles. The first-order valence-electron chi connectivity index (χ1n) is 2.55. The second kappa shape index (κ2) is 2.82. The average molecular weight is 135 g/mol. The van der Waals surface area contributed by atoms with Crippen molar-refractivity contribution >= 4 is 11.4 Å². The maximum Gasteiger partial charge on any atom is 0.118 e. The molecule has 49 valence electrons. The van der Waals surface area contributed by atoms with Gasteiger partial charge in [0, 0.05) is 6.07 Å². The molecule has 4 heteroatoms. The van der Waals surface area contributed by atoms with E-state index >= 15 is 0 Å². The predicted octanol–water partition coefficient (Wildman–Crippen LogP) is 2.28. The average Bonchev–Trinajstić information content (AvgIpc) is 2.05. The van der Waals surface area contributed by atoms with Gasteiger partial charge in [0.1, 0.15) is 11.4 Å². The number of benzene rings is 1. The van der Waals surface area contributed by atoms with Gasteiger partial charge in [0.2, 0.25) is 0 Å².